The topological polar surface area (TPSA) is 54.5 Å². The minimum Gasteiger partial charge on any atom is -0.300 e. The number of benzene rings is 2. The summed E-state index contributed by atoms with van der Waals surface area (Å²) in [5.74, 6) is -0.377. The predicted octanol–water partition coefficient (Wildman–Crippen LogP) is 4.22. The summed E-state index contributed by atoms with van der Waals surface area (Å²) in [7, 11) is -3.31. The van der Waals surface area contributed by atoms with Gasteiger partial charge in [-0.05, 0) is 56.7 Å². The lowest BCUT2D eigenvalue weighted by molar-refractivity contribution is 0.0983. The quantitative estimate of drug-likeness (QED) is 0.789. The Hall–Kier alpha value is -2.11. The van der Waals surface area contributed by atoms with E-state index in [0.29, 0.717) is 16.3 Å². The zero-order valence-electron chi connectivity index (χ0n) is 14.9. The van der Waals surface area contributed by atoms with Gasteiger partial charge in [-0.2, -0.15) is 0 Å². The lowest BCUT2D eigenvalue weighted by atomic mass is 10.0. The third kappa shape index (κ3) is 3.84. The van der Waals surface area contributed by atoms with Crippen molar-refractivity contribution in [1.29, 1.82) is 0 Å². The van der Waals surface area contributed by atoms with E-state index < -0.39 is 15.9 Å². The van der Waals surface area contributed by atoms with E-state index in [0.717, 1.165) is 16.7 Å². The van der Waals surface area contributed by atoms with Gasteiger partial charge in [-0.25, -0.2) is 8.42 Å². The van der Waals surface area contributed by atoms with Crippen LogP contribution in [0.1, 0.15) is 27.0 Å². The lowest BCUT2D eigenvalue weighted by Gasteiger charge is -2.28. The van der Waals surface area contributed by atoms with Crippen LogP contribution in [0.4, 0.5) is 5.69 Å². The molecule has 0 aliphatic carbocycles. The first kappa shape index (κ1) is 18.7. The Kier molecular flexibility index (Phi) is 4.95. The maximum Gasteiger partial charge on any atom is 0.258 e. The van der Waals surface area contributed by atoms with Crippen LogP contribution in [0.5, 0.6) is 0 Å². The zero-order chi connectivity index (χ0) is 19.1. The van der Waals surface area contributed by atoms with Crippen LogP contribution in [0.15, 0.2) is 47.9 Å². The van der Waals surface area contributed by atoms with Crippen LogP contribution in [0.2, 0.25) is 5.02 Å². The molecule has 0 spiro atoms. The molecule has 0 saturated heterocycles. The molecule has 0 aromatic heterocycles. The third-order valence-corrected chi connectivity index (χ3v) is 6.15. The molecule has 0 N–H and O–H groups in total. The molecule has 1 aliphatic rings. The van der Waals surface area contributed by atoms with Gasteiger partial charge in [0.1, 0.15) is 0 Å². The Bertz CT molecular complexity index is 991. The Balaban J connectivity index is 2.09. The molecule has 0 saturated carbocycles. The van der Waals surface area contributed by atoms with Gasteiger partial charge in [0.05, 0.1) is 11.8 Å². The summed E-state index contributed by atoms with van der Waals surface area (Å²) < 4.78 is 23.8. The number of nitrogens with zero attached hydrogens (tertiary/aromatic N) is 1. The molecule has 6 heteroatoms. The summed E-state index contributed by atoms with van der Waals surface area (Å²) in [5, 5.41) is 1.71. The van der Waals surface area contributed by atoms with Gasteiger partial charge in [0.15, 0.2) is 9.84 Å². The van der Waals surface area contributed by atoms with E-state index in [-0.39, 0.29) is 11.7 Å². The summed E-state index contributed by atoms with van der Waals surface area (Å²) in [6.07, 6.45) is 1.56. The first-order valence-corrected chi connectivity index (χ1v) is 10.3. The van der Waals surface area contributed by atoms with Crippen LogP contribution < -0.4 is 4.90 Å². The Morgan fingerprint density at radius 3 is 2.27 bits per heavy atom. The molecule has 1 amide bonds. The van der Waals surface area contributed by atoms with Crippen LogP contribution >= 0.6 is 11.6 Å². The first-order chi connectivity index (χ1) is 12.2. The largest absolute Gasteiger partial charge is 0.300 e. The fraction of sp³-hybridized carbons (Fsp3) is 0.250. The van der Waals surface area contributed by atoms with Gasteiger partial charge < -0.3 is 4.90 Å². The fourth-order valence-corrected chi connectivity index (χ4v) is 4.59. The highest BCUT2D eigenvalue weighted by molar-refractivity contribution is 7.94. The summed E-state index contributed by atoms with van der Waals surface area (Å²) in [4.78, 5) is 14.8. The highest BCUT2D eigenvalue weighted by atomic mass is 35.5. The second-order valence-electron chi connectivity index (χ2n) is 6.71. The normalized spacial score (nSPS) is 18.1. The number of carbonyl (C=O) groups is 1. The number of anilines is 1. The van der Waals surface area contributed by atoms with Crippen LogP contribution in [-0.4, -0.2) is 26.1 Å². The zero-order valence-corrected chi connectivity index (χ0v) is 16.4. The summed E-state index contributed by atoms with van der Waals surface area (Å²) in [6.45, 7) is 5.73. The Morgan fingerprint density at radius 2 is 1.73 bits per heavy atom. The molecule has 2 aromatic carbocycles. The molecule has 0 bridgehead atoms. The van der Waals surface area contributed by atoms with Crippen LogP contribution in [0.25, 0.3) is 0 Å². The first-order valence-electron chi connectivity index (χ1n) is 8.25. The van der Waals surface area contributed by atoms with E-state index in [2.05, 4.69) is 0 Å². The Morgan fingerprint density at radius 1 is 1.08 bits per heavy atom. The molecular formula is C20H20ClNO3S. The van der Waals surface area contributed by atoms with Gasteiger partial charge in [0.2, 0.25) is 0 Å². The minimum atomic E-state index is -3.31. The van der Waals surface area contributed by atoms with Crippen molar-refractivity contribution < 1.29 is 13.2 Å². The molecule has 3 rings (SSSR count). The van der Waals surface area contributed by atoms with Crippen LogP contribution in [0.3, 0.4) is 0 Å². The van der Waals surface area contributed by atoms with Crippen molar-refractivity contribution in [3.05, 3.63) is 75.2 Å². The van der Waals surface area contributed by atoms with Crippen molar-refractivity contribution in [2.24, 2.45) is 0 Å². The molecule has 1 atom stereocenters. The number of carbonyl (C=O) groups excluding carboxylic acids is 1. The van der Waals surface area contributed by atoms with Crippen molar-refractivity contribution in [2.75, 3.05) is 10.7 Å². The van der Waals surface area contributed by atoms with Crippen molar-refractivity contribution in [1.82, 2.24) is 0 Å². The van der Waals surface area contributed by atoms with Gasteiger partial charge in [0, 0.05) is 21.7 Å². The summed E-state index contributed by atoms with van der Waals surface area (Å²) in [6, 6.07) is 10.4. The van der Waals surface area contributed by atoms with Crippen LogP contribution in [0, 0.1) is 20.8 Å². The van der Waals surface area contributed by atoms with Gasteiger partial charge in [-0.3, -0.25) is 4.79 Å². The number of hydrogen-bond acceptors (Lipinski definition) is 3. The average Bonchev–Trinajstić information content (AvgIpc) is 2.89. The van der Waals surface area contributed by atoms with Crippen LogP contribution in [-0.2, 0) is 9.84 Å². The number of aryl methyl sites for hydroxylation is 3. The highest BCUT2D eigenvalue weighted by Gasteiger charge is 2.32. The number of sulfone groups is 1. The van der Waals surface area contributed by atoms with E-state index in [4.69, 9.17) is 11.6 Å². The van der Waals surface area contributed by atoms with Gasteiger partial charge in [-0.1, -0.05) is 34.9 Å². The molecule has 26 heavy (non-hydrogen) atoms. The third-order valence-electron chi connectivity index (χ3n) is 4.36. The SMILES string of the molecule is Cc1cc(C)cc(C(=O)N(c2ccc(C)c(Cl)c2)C2C=CS(=O)(=O)C2)c1. The second-order valence-corrected chi connectivity index (χ2v) is 9.05. The number of hydrogen-bond donors (Lipinski definition) is 0. The van der Waals surface area contributed by atoms with Gasteiger partial charge >= 0.3 is 0 Å². The summed E-state index contributed by atoms with van der Waals surface area (Å²) in [5.41, 5.74) is 3.95. The van der Waals surface area contributed by atoms with E-state index >= 15 is 0 Å². The molecule has 0 radical (unpaired) electrons. The standard InChI is InChI=1S/C20H20ClNO3S/c1-13-8-14(2)10-16(9-13)20(23)22(18-6-7-26(24,25)12-18)17-5-4-15(3)19(21)11-17/h4-11,18H,12H2,1-3H3. The monoisotopic (exact) mass is 389 g/mol. The minimum absolute atomic E-state index is 0.130. The van der Waals surface area contributed by atoms with Gasteiger partial charge in [-0.15, -0.1) is 0 Å². The molecule has 2 aromatic rings. The summed E-state index contributed by atoms with van der Waals surface area (Å²) >= 11 is 6.25. The molecule has 1 unspecified atom stereocenters. The second kappa shape index (κ2) is 6.89. The maximum absolute atomic E-state index is 13.3. The fourth-order valence-electron chi connectivity index (χ4n) is 3.15. The molecule has 4 nitrogen and oxygen atoms in total. The molecule has 1 heterocycles. The van der Waals surface area contributed by atoms with Gasteiger partial charge in [0.25, 0.3) is 5.91 Å². The van der Waals surface area contributed by atoms with E-state index in [9.17, 15) is 13.2 Å². The number of rotatable bonds is 3. The molecule has 1 aliphatic heterocycles. The number of amides is 1. The molecule has 136 valence electrons. The number of halogens is 1. The van der Waals surface area contributed by atoms with Crippen molar-refractivity contribution in [2.45, 2.75) is 26.8 Å². The lowest BCUT2D eigenvalue weighted by Crippen LogP contribution is -2.41. The Labute approximate surface area is 159 Å². The highest BCUT2D eigenvalue weighted by Crippen LogP contribution is 2.29. The van der Waals surface area contributed by atoms with Crippen molar-refractivity contribution in [3.8, 4) is 0 Å². The van der Waals surface area contributed by atoms with E-state index in [1.807, 2.05) is 45.0 Å². The molecule has 0 fully saturated rings. The van der Waals surface area contributed by atoms with Crippen molar-refractivity contribution >= 4 is 33.0 Å². The maximum atomic E-state index is 13.3. The van der Waals surface area contributed by atoms with E-state index in [1.165, 1.54) is 10.3 Å². The van der Waals surface area contributed by atoms with E-state index in [1.54, 1.807) is 18.2 Å². The smallest absolute Gasteiger partial charge is 0.258 e. The average molecular weight is 390 g/mol. The predicted molar refractivity (Wildman–Crippen MR) is 106 cm³/mol. The van der Waals surface area contributed by atoms with Crippen molar-refractivity contribution in [3.63, 3.8) is 0 Å². The molecular weight excluding hydrogens is 370 g/mol.